The van der Waals surface area contributed by atoms with Gasteiger partial charge in [0.1, 0.15) is 0 Å². The molecule has 0 unspecified atom stereocenters. The van der Waals surface area contributed by atoms with Crippen molar-refractivity contribution in [2.24, 2.45) is 0 Å². The summed E-state index contributed by atoms with van der Waals surface area (Å²) < 4.78 is 1.52. The molecular weight excluding hydrogens is 442 g/mol. The Labute approximate surface area is 195 Å². The van der Waals surface area contributed by atoms with Crippen LogP contribution in [0.1, 0.15) is 16.7 Å². The van der Waals surface area contributed by atoms with Gasteiger partial charge >= 0.3 is 0 Å². The molecule has 1 N–H and O–H groups in total. The largest absolute Gasteiger partial charge is 0.325 e. The van der Waals surface area contributed by atoms with Crippen LogP contribution in [0, 0.1) is 20.8 Å². The number of aromatic nitrogens is 2. The molecule has 0 saturated carbocycles. The fourth-order valence-electron chi connectivity index (χ4n) is 3.43. The Kier molecular flexibility index (Phi) is 6.35. The monoisotopic (exact) mass is 463 g/mol. The number of fused-ring (bicyclic) bond motifs is 1. The number of carbonyl (C=O) groups is 1. The van der Waals surface area contributed by atoms with E-state index in [9.17, 15) is 9.59 Å². The molecule has 0 fully saturated rings. The van der Waals surface area contributed by atoms with Gasteiger partial charge < -0.3 is 5.32 Å². The van der Waals surface area contributed by atoms with Gasteiger partial charge in [0.05, 0.1) is 22.3 Å². The Morgan fingerprint density at radius 3 is 2.56 bits per heavy atom. The highest BCUT2D eigenvalue weighted by Crippen LogP contribution is 2.25. The maximum absolute atomic E-state index is 13.3. The molecule has 7 heteroatoms. The van der Waals surface area contributed by atoms with Crippen LogP contribution in [0.5, 0.6) is 0 Å². The van der Waals surface area contributed by atoms with Crippen LogP contribution in [-0.2, 0) is 4.79 Å². The van der Waals surface area contributed by atoms with Gasteiger partial charge in [-0.25, -0.2) is 4.98 Å². The first-order valence-corrected chi connectivity index (χ1v) is 11.5. The summed E-state index contributed by atoms with van der Waals surface area (Å²) in [5, 5.41) is 4.44. The highest BCUT2D eigenvalue weighted by molar-refractivity contribution is 7.99. The molecule has 0 bridgehead atoms. The first-order valence-electron chi connectivity index (χ1n) is 10.1. The molecule has 3 aromatic carbocycles. The van der Waals surface area contributed by atoms with Crippen molar-refractivity contribution in [1.82, 2.24) is 9.55 Å². The summed E-state index contributed by atoms with van der Waals surface area (Å²) >= 11 is 7.54. The lowest BCUT2D eigenvalue weighted by Gasteiger charge is -2.14. The summed E-state index contributed by atoms with van der Waals surface area (Å²) in [5.41, 5.74) is 4.82. The number of anilines is 1. The third-order valence-electron chi connectivity index (χ3n) is 5.15. The first kappa shape index (κ1) is 22.1. The molecule has 1 heterocycles. The molecule has 0 atom stereocenters. The van der Waals surface area contributed by atoms with Gasteiger partial charge in [0.25, 0.3) is 5.56 Å². The zero-order valence-corrected chi connectivity index (χ0v) is 19.6. The van der Waals surface area contributed by atoms with Crippen molar-refractivity contribution in [3.8, 4) is 5.69 Å². The van der Waals surface area contributed by atoms with Gasteiger partial charge in [-0.2, -0.15) is 0 Å². The number of aryl methyl sites for hydroxylation is 3. The number of nitrogens with one attached hydrogen (secondary N) is 1. The highest BCUT2D eigenvalue weighted by Gasteiger charge is 2.16. The van der Waals surface area contributed by atoms with Crippen molar-refractivity contribution in [2.75, 3.05) is 11.1 Å². The van der Waals surface area contributed by atoms with E-state index in [1.165, 1.54) is 16.3 Å². The number of carbonyl (C=O) groups excluding carboxylic acids is 1. The van der Waals surface area contributed by atoms with Crippen LogP contribution in [0.2, 0.25) is 5.02 Å². The summed E-state index contributed by atoms with van der Waals surface area (Å²) in [4.78, 5) is 30.6. The van der Waals surface area contributed by atoms with E-state index in [-0.39, 0.29) is 17.2 Å². The fourth-order valence-corrected chi connectivity index (χ4v) is 4.42. The maximum Gasteiger partial charge on any atom is 0.266 e. The fraction of sp³-hybridized carbons (Fsp3) is 0.160. The minimum atomic E-state index is -0.201. The zero-order chi connectivity index (χ0) is 22.8. The Balaban J connectivity index is 1.68. The zero-order valence-electron chi connectivity index (χ0n) is 18.0. The number of amides is 1. The average Bonchev–Trinajstić information content (AvgIpc) is 2.76. The molecule has 0 aliphatic carbocycles. The number of halogens is 1. The number of benzene rings is 3. The van der Waals surface area contributed by atoms with Crippen molar-refractivity contribution < 1.29 is 4.79 Å². The molecule has 5 nitrogen and oxygen atoms in total. The summed E-state index contributed by atoms with van der Waals surface area (Å²) in [6.45, 7) is 5.87. The third-order valence-corrected chi connectivity index (χ3v) is 6.49. The van der Waals surface area contributed by atoms with Crippen LogP contribution in [-0.4, -0.2) is 21.2 Å². The molecule has 0 radical (unpaired) electrons. The van der Waals surface area contributed by atoms with Crippen LogP contribution >= 0.6 is 23.4 Å². The summed E-state index contributed by atoms with van der Waals surface area (Å²) in [6.07, 6.45) is 0. The molecule has 32 heavy (non-hydrogen) atoms. The van der Waals surface area contributed by atoms with Gasteiger partial charge in [-0.3, -0.25) is 14.2 Å². The number of hydrogen-bond acceptors (Lipinski definition) is 4. The van der Waals surface area contributed by atoms with E-state index in [1.54, 1.807) is 18.2 Å². The standard InChI is InChI=1S/C25H22ClN3O2S/c1-15-8-11-21(17(3)12-15)27-23(30)14-32-25-28-22-7-5-4-6-19(22)24(31)29(25)18-10-9-16(2)20(26)13-18/h4-13H,14H2,1-3H3,(H,27,30). The molecule has 1 aromatic heterocycles. The summed E-state index contributed by atoms with van der Waals surface area (Å²) in [7, 11) is 0. The molecule has 162 valence electrons. The van der Waals surface area contributed by atoms with Crippen LogP contribution in [0.15, 0.2) is 70.6 Å². The van der Waals surface area contributed by atoms with E-state index in [4.69, 9.17) is 11.6 Å². The highest BCUT2D eigenvalue weighted by atomic mass is 35.5. The quantitative estimate of drug-likeness (QED) is 0.305. The SMILES string of the molecule is Cc1ccc(NC(=O)CSc2nc3ccccc3c(=O)n2-c2ccc(C)c(Cl)c2)c(C)c1. The van der Waals surface area contributed by atoms with Crippen molar-refractivity contribution in [3.05, 3.63) is 92.7 Å². The Bertz CT molecular complexity index is 1400. The van der Waals surface area contributed by atoms with E-state index in [1.807, 2.05) is 63.2 Å². The Morgan fingerprint density at radius 2 is 1.81 bits per heavy atom. The minimum absolute atomic E-state index is 0.109. The van der Waals surface area contributed by atoms with Gasteiger partial charge in [-0.15, -0.1) is 0 Å². The van der Waals surface area contributed by atoms with Gasteiger partial charge in [-0.05, 0) is 62.2 Å². The van der Waals surface area contributed by atoms with Crippen molar-refractivity contribution in [2.45, 2.75) is 25.9 Å². The van der Waals surface area contributed by atoms with E-state index in [2.05, 4.69) is 10.3 Å². The summed E-state index contributed by atoms with van der Waals surface area (Å²) in [6, 6.07) is 18.5. The molecule has 0 spiro atoms. The molecule has 0 aliphatic rings. The predicted octanol–water partition coefficient (Wildman–Crippen LogP) is 5.70. The van der Waals surface area contributed by atoms with Crippen LogP contribution in [0.3, 0.4) is 0 Å². The lowest BCUT2D eigenvalue weighted by Crippen LogP contribution is -2.23. The second-order valence-corrected chi connectivity index (χ2v) is 8.99. The van der Waals surface area contributed by atoms with E-state index < -0.39 is 0 Å². The van der Waals surface area contributed by atoms with Crippen molar-refractivity contribution in [3.63, 3.8) is 0 Å². The van der Waals surface area contributed by atoms with Crippen molar-refractivity contribution >= 4 is 45.9 Å². The van der Waals surface area contributed by atoms with Crippen LogP contribution in [0.4, 0.5) is 5.69 Å². The van der Waals surface area contributed by atoms with Gasteiger partial charge in [0, 0.05) is 10.7 Å². The van der Waals surface area contributed by atoms with Gasteiger partial charge in [0.15, 0.2) is 5.16 Å². The van der Waals surface area contributed by atoms with E-state index in [0.717, 1.165) is 22.4 Å². The lowest BCUT2D eigenvalue weighted by atomic mass is 10.1. The minimum Gasteiger partial charge on any atom is -0.325 e. The molecule has 4 aromatic rings. The first-order chi connectivity index (χ1) is 15.3. The van der Waals surface area contributed by atoms with E-state index >= 15 is 0 Å². The molecule has 1 amide bonds. The molecule has 4 rings (SSSR count). The number of para-hydroxylation sites is 1. The average molecular weight is 464 g/mol. The molecular formula is C25H22ClN3O2S. The number of hydrogen-bond donors (Lipinski definition) is 1. The normalized spacial score (nSPS) is 11.0. The molecule has 0 aliphatic heterocycles. The number of rotatable bonds is 5. The second-order valence-electron chi connectivity index (χ2n) is 7.64. The van der Waals surface area contributed by atoms with Crippen LogP contribution in [0.25, 0.3) is 16.6 Å². The van der Waals surface area contributed by atoms with Gasteiger partial charge in [0.2, 0.25) is 5.91 Å². The lowest BCUT2D eigenvalue weighted by molar-refractivity contribution is -0.113. The topological polar surface area (TPSA) is 64.0 Å². The smallest absolute Gasteiger partial charge is 0.266 e. The second kappa shape index (κ2) is 9.18. The summed E-state index contributed by atoms with van der Waals surface area (Å²) in [5.74, 6) is -0.0598. The number of thioether (sulfide) groups is 1. The number of nitrogens with zero attached hydrogens (tertiary/aromatic N) is 2. The van der Waals surface area contributed by atoms with Crippen LogP contribution < -0.4 is 10.9 Å². The Hall–Kier alpha value is -3.09. The van der Waals surface area contributed by atoms with Crippen molar-refractivity contribution in [1.29, 1.82) is 0 Å². The molecule has 0 saturated heterocycles. The Morgan fingerprint density at radius 1 is 1.03 bits per heavy atom. The van der Waals surface area contributed by atoms with E-state index in [0.29, 0.717) is 26.8 Å². The maximum atomic E-state index is 13.3. The predicted molar refractivity (Wildman–Crippen MR) is 132 cm³/mol. The van der Waals surface area contributed by atoms with Gasteiger partial charge in [-0.1, -0.05) is 59.3 Å². The third kappa shape index (κ3) is 4.56.